The fraction of sp³-hybridized carbons (Fsp3) is 0.412. The molecule has 0 aliphatic carbocycles. The summed E-state index contributed by atoms with van der Waals surface area (Å²) in [5.41, 5.74) is 1.44. The van der Waals surface area contributed by atoms with Crippen LogP contribution in [0.5, 0.6) is 0 Å². The zero-order valence-electron chi connectivity index (χ0n) is 13.3. The Morgan fingerprint density at radius 2 is 2.12 bits per heavy atom. The minimum atomic E-state index is -0.619. The molecule has 1 aromatic rings. The van der Waals surface area contributed by atoms with Crippen molar-refractivity contribution in [3.8, 4) is 0 Å². The highest BCUT2D eigenvalue weighted by Crippen LogP contribution is 2.29. The van der Waals surface area contributed by atoms with E-state index in [0.717, 1.165) is 0 Å². The summed E-state index contributed by atoms with van der Waals surface area (Å²) in [5.74, 6) is -1.41. The van der Waals surface area contributed by atoms with Gasteiger partial charge in [-0.3, -0.25) is 4.79 Å². The van der Waals surface area contributed by atoms with Crippen LogP contribution in [0.2, 0.25) is 0 Å². The molecular formula is C17H18F2N2O3. The van der Waals surface area contributed by atoms with Gasteiger partial charge in [-0.25, -0.2) is 8.78 Å². The molecule has 2 aliphatic rings. The first-order valence-electron chi connectivity index (χ1n) is 7.78. The SMILES string of the molecule is CC(=O)NCC1CC(c2cc(F)c(C3=CCOCC3)c(F)c2)=NO1. The zero-order chi connectivity index (χ0) is 17.1. The fourth-order valence-corrected chi connectivity index (χ4v) is 2.77. The van der Waals surface area contributed by atoms with Crippen LogP contribution in [0.25, 0.3) is 5.57 Å². The minimum absolute atomic E-state index is 0.00337. The van der Waals surface area contributed by atoms with E-state index in [4.69, 9.17) is 9.57 Å². The highest BCUT2D eigenvalue weighted by molar-refractivity contribution is 6.01. The molecule has 0 bridgehead atoms. The third-order valence-electron chi connectivity index (χ3n) is 3.97. The molecule has 0 aromatic heterocycles. The van der Waals surface area contributed by atoms with E-state index in [-0.39, 0.29) is 17.6 Å². The monoisotopic (exact) mass is 336 g/mol. The fourth-order valence-electron chi connectivity index (χ4n) is 2.77. The molecule has 5 nitrogen and oxygen atoms in total. The van der Waals surface area contributed by atoms with Crippen molar-refractivity contribution in [1.82, 2.24) is 5.32 Å². The molecule has 2 aliphatic heterocycles. The van der Waals surface area contributed by atoms with Gasteiger partial charge in [0.1, 0.15) is 17.7 Å². The quantitative estimate of drug-likeness (QED) is 0.918. The molecule has 0 saturated heterocycles. The molecule has 0 fully saturated rings. The number of rotatable bonds is 4. The Hall–Kier alpha value is -2.28. The van der Waals surface area contributed by atoms with E-state index in [9.17, 15) is 13.6 Å². The second-order valence-electron chi connectivity index (χ2n) is 5.78. The van der Waals surface area contributed by atoms with Crippen LogP contribution in [0.15, 0.2) is 23.4 Å². The molecular weight excluding hydrogens is 318 g/mol. The van der Waals surface area contributed by atoms with Crippen molar-refractivity contribution in [2.75, 3.05) is 19.8 Å². The summed E-state index contributed by atoms with van der Waals surface area (Å²) in [7, 11) is 0. The van der Waals surface area contributed by atoms with Crippen LogP contribution < -0.4 is 5.32 Å². The number of nitrogens with zero attached hydrogens (tertiary/aromatic N) is 1. The van der Waals surface area contributed by atoms with Crippen molar-refractivity contribution >= 4 is 17.2 Å². The summed E-state index contributed by atoms with van der Waals surface area (Å²) in [6.07, 6.45) is 2.24. The largest absolute Gasteiger partial charge is 0.390 e. The maximum Gasteiger partial charge on any atom is 0.217 e. The minimum Gasteiger partial charge on any atom is -0.390 e. The van der Waals surface area contributed by atoms with Gasteiger partial charge in [-0.15, -0.1) is 0 Å². The number of ether oxygens (including phenoxy) is 1. The van der Waals surface area contributed by atoms with Crippen molar-refractivity contribution in [3.63, 3.8) is 0 Å². The number of halogens is 2. The lowest BCUT2D eigenvalue weighted by atomic mass is 9.96. The number of benzene rings is 1. The number of hydrogen-bond acceptors (Lipinski definition) is 4. The Morgan fingerprint density at radius 3 is 2.75 bits per heavy atom. The van der Waals surface area contributed by atoms with Crippen LogP contribution >= 0.6 is 0 Å². The number of oxime groups is 1. The van der Waals surface area contributed by atoms with E-state index in [1.807, 2.05) is 0 Å². The number of carbonyl (C=O) groups excluding carboxylic acids is 1. The molecule has 128 valence electrons. The Kier molecular flexibility index (Phi) is 4.89. The van der Waals surface area contributed by atoms with Gasteiger partial charge < -0.3 is 14.9 Å². The summed E-state index contributed by atoms with van der Waals surface area (Å²) in [6, 6.07) is 2.55. The van der Waals surface area contributed by atoms with Crippen LogP contribution in [-0.4, -0.2) is 37.5 Å². The molecule has 2 heterocycles. The van der Waals surface area contributed by atoms with E-state index >= 15 is 0 Å². The Morgan fingerprint density at radius 1 is 1.38 bits per heavy atom. The van der Waals surface area contributed by atoms with Gasteiger partial charge in [-0.05, 0) is 24.1 Å². The van der Waals surface area contributed by atoms with E-state index in [2.05, 4.69) is 10.5 Å². The summed E-state index contributed by atoms with van der Waals surface area (Å²) in [6.45, 7) is 2.53. The Balaban J connectivity index is 1.76. The lowest BCUT2D eigenvalue weighted by molar-refractivity contribution is -0.119. The molecule has 1 atom stereocenters. The number of nitrogens with one attached hydrogen (secondary N) is 1. The third-order valence-corrected chi connectivity index (χ3v) is 3.97. The van der Waals surface area contributed by atoms with Gasteiger partial charge in [0.25, 0.3) is 0 Å². The van der Waals surface area contributed by atoms with Crippen LogP contribution in [0, 0.1) is 11.6 Å². The van der Waals surface area contributed by atoms with Gasteiger partial charge in [0.05, 0.1) is 25.5 Å². The van der Waals surface area contributed by atoms with Gasteiger partial charge in [0, 0.05) is 24.5 Å². The number of carbonyl (C=O) groups is 1. The average Bonchev–Trinajstić information content (AvgIpc) is 3.02. The van der Waals surface area contributed by atoms with Crippen molar-refractivity contribution < 1.29 is 23.1 Å². The topological polar surface area (TPSA) is 59.9 Å². The normalized spacial score (nSPS) is 20.2. The smallest absolute Gasteiger partial charge is 0.217 e. The maximum absolute atomic E-state index is 14.4. The van der Waals surface area contributed by atoms with Gasteiger partial charge in [0.15, 0.2) is 0 Å². The molecule has 7 heteroatoms. The molecule has 1 aromatic carbocycles. The summed E-state index contributed by atoms with van der Waals surface area (Å²) < 4.78 is 34.0. The molecule has 0 radical (unpaired) electrons. The van der Waals surface area contributed by atoms with E-state index in [1.165, 1.54) is 19.1 Å². The van der Waals surface area contributed by atoms with Crippen molar-refractivity contribution in [3.05, 3.63) is 41.0 Å². The van der Waals surface area contributed by atoms with Gasteiger partial charge in [-0.2, -0.15) is 0 Å². The standard InChI is InChI=1S/C17H18F2N2O3/c1-10(22)20-9-13-8-16(21-24-13)12-6-14(18)17(15(19)7-12)11-2-4-23-5-3-11/h2,6-7,13H,3-5,8-9H2,1H3,(H,20,22). The third kappa shape index (κ3) is 3.62. The first-order valence-corrected chi connectivity index (χ1v) is 7.78. The lowest BCUT2D eigenvalue weighted by Gasteiger charge is -2.15. The highest BCUT2D eigenvalue weighted by Gasteiger charge is 2.25. The number of hydrogen-bond donors (Lipinski definition) is 1. The van der Waals surface area contributed by atoms with Crippen LogP contribution in [0.4, 0.5) is 8.78 Å². The molecule has 24 heavy (non-hydrogen) atoms. The Labute approximate surface area is 138 Å². The second kappa shape index (κ2) is 7.09. The predicted octanol–water partition coefficient (Wildman–Crippen LogP) is 2.40. The van der Waals surface area contributed by atoms with Crippen LogP contribution in [-0.2, 0) is 14.4 Å². The van der Waals surface area contributed by atoms with Gasteiger partial charge in [0.2, 0.25) is 5.91 Å². The maximum atomic E-state index is 14.4. The van der Waals surface area contributed by atoms with Gasteiger partial charge in [-0.1, -0.05) is 11.2 Å². The average molecular weight is 336 g/mol. The summed E-state index contributed by atoms with van der Waals surface area (Å²) in [5, 5.41) is 6.52. The van der Waals surface area contributed by atoms with Crippen LogP contribution in [0.3, 0.4) is 0 Å². The molecule has 0 spiro atoms. The summed E-state index contributed by atoms with van der Waals surface area (Å²) >= 11 is 0. The molecule has 1 N–H and O–H groups in total. The van der Waals surface area contributed by atoms with Crippen molar-refractivity contribution in [2.24, 2.45) is 5.16 Å². The Bertz CT molecular complexity index is 693. The predicted molar refractivity (Wildman–Crippen MR) is 84.5 cm³/mol. The highest BCUT2D eigenvalue weighted by atomic mass is 19.1. The first-order chi connectivity index (χ1) is 11.5. The van der Waals surface area contributed by atoms with Crippen molar-refractivity contribution in [2.45, 2.75) is 25.9 Å². The first kappa shape index (κ1) is 16.6. The van der Waals surface area contributed by atoms with E-state index < -0.39 is 11.6 Å². The molecule has 1 unspecified atom stereocenters. The molecule has 1 amide bonds. The molecule has 3 rings (SSSR count). The lowest BCUT2D eigenvalue weighted by Crippen LogP contribution is -2.30. The summed E-state index contributed by atoms with van der Waals surface area (Å²) in [4.78, 5) is 16.1. The van der Waals surface area contributed by atoms with E-state index in [1.54, 1.807) is 6.08 Å². The van der Waals surface area contributed by atoms with E-state index in [0.29, 0.717) is 49.4 Å². The van der Waals surface area contributed by atoms with Gasteiger partial charge >= 0.3 is 0 Å². The second-order valence-corrected chi connectivity index (χ2v) is 5.78. The molecule has 0 saturated carbocycles. The zero-order valence-corrected chi connectivity index (χ0v) is 13.3. The van der Waals surface area contributed by atoms with Crippen molar-refractivity contribution in [1.29, 1.82) is 0 Å². The van der Waals surface area contributed by atoms with Crippen LogP contribution in [0.1, 0.15) is 30.9 Å². The number of amides is 1.